The second-order valence-corrected chi connectivity index (χ2v) is 5.57. The first kappa shape index (κ1) is 14.0. The van der Waals surface area contributed by atoms with Crippen molar-refractivity contribution in [1.82, 2.24) is 4.57 Å². The van der Waals surface area contributed by atoms with Gasteiger partial charge in [0.05, 0.1) is 16.1 Å². The SMILES string of the molecule is O=C(O)c1ccccc1Cn1ccc2c(Cl)cc(Cl)cc21. The van der Waals surface area contributed by atoms with Gasteiger partial charge in [-0.15, -0.1) is 0 Å². The molecule has 3 aromatic rings. The fourth-order valence-electron chi connectivity index (χ4n) is 2.41. The van der Waals surface area contributed by atoms with E-state index in [1.54, 1.807) is 24.3 Å². The van der Waals surface area contributed by atoms with E-state index < -0.39 is 5.97 Å². The molecule has 0 aliphatic rings. The first-order valence-electron chi connectivity index (χ1n) is 6.31. The number of benzene rings is 2. The van der Waals surface area contributed by atoms with Gasteiger partial charge in [-0.3, -0.25) is 0 Å². The molecule has 1 aromatic heterocycles. The van der Waals surface area contributed by atoms with Gasteiger partial charge < -0.3 is 9.67 Å². The summed E-state index contributed by atoms with van der Waals surface area (Å²) in [5.74, 6) is -0.932. The Morgan fingerprint density at radius 2 is 1.90 bits per heavy atom. The smallest absolute Gasteiger partial charge is 0.336 e. The van der Waals surface area contributed by atoms with Crippen molar-refractivity contribution in [2.24, 2.45) is 0 Å². The summed E-state index contributed by atoms with van der Waals surface area (Å²) in [7, 11) is 0. The van der Waals surface area contributed by atoms with E-state index in [0.717, 1.165) is 16.5 Å². The summed E-state index contributed by atoms with van der Waals surface area (Å²) in [5, 5.41) is 11.3. The van der Waals surface area contributed by atoms with Crippen molar-refractivity contribution in [1.29, 1.82) is 0 Å². The molecule has 0 radical (unpaired) electrons. The van der Waals surface area contributed by atoms with Crippen LogP contribution in [0.25, 0.3) is 10.9 Å². The molecule has 0 unspecified atom stereocenters. The van der Waals surface area contributed by atoms with Gasteiger partial charge in [0.1, 0.15) is 0 Å². The molecule has 0 amide bonds. The normalized spacial score (nSPS) is 11.0. The van der Waals surface area contributed by atoms with Crippen LogP contribution >= 0.6 is 23.2 Å². The number of carboxylic acids is 1. The molecule has 2 aromatic carbocycles. The molecule has 3 rings (SSSR count). The zero-order chi connectivity index (χ0) is 15.0. The summed E-state index contributed by atoms with van der Waals surface area (Å²) in [4.78, 5) is 11.3. The van der Waals surface area contributed by atoms with Gasteiger partial charge >= 0.3 is 5.97 Å². The topological polar surface area (TPSA) is 42.2 Å². The van der Waals surface area contributed by atoms with E-state index in [2.05, 4.69) is 0 Å². The largest absolute Gasteiger partial charge is 0.478 e. The first-order chi connectivity index (χ1) is 10.1. The molecule has 0 atom stereocenters. The summed E-state index contributed by atoms with van der Waals surface area (Å²) >= 11 is 12.2. The van der Waals surface area contributed by atoms with Gasteiger partial charge in [-0.1, -0.05) is 41.4 Å². The number of aromatic nitrogens is 1. The highest BCUT2D eigenvalue weighted by atomic mass is 35.5. The number of aromatic carboxylic acids is 1. The lowest BCUT2D eigenvalue weighted by Crippen LogP contribution is -2.06. The number of carbonyl (C=O) groups is 1. The van der Waals surface area contributed by atoms with E-state index in [4.69, 9.17) is 23.2 Å². The lowest BCUT2D eigenvalue weighted by atomic mass is 10.1. The van der Waals surface area contributed by atoms with Crippen molar-refractivity contribution < 1.29 is 9.90 Å². The van der Waals surface area contributed by atoms with Gasteiger partial charge in [0.25, 0.3) is 0 Å². The Morgan fingerprint density at radius 1 is 1.14 bits per heavy atom. The van der Waals surface area contributed by atoms with Crippen LogP contribution in [0, 0.1) is 0 Å². The third-order valence-electron chi connectivity index (χ3n) is 3.39. The average molecular weight is 320 g/mol. The molecule has 0 saturated heterocycles. The quantitative estimate of drug-likeness (QED) is 0.760. The van der Waals surface area contributed by atoms with E-state index in [1.165, 1.54) is 0 Å². The monoisotopic (exact) mass is 319 g/mol. The van der Waals surface area contributed by atoms with Gasteiger partial charge in [0.15, 0.2) is 0 Å². The lowest BCUT2D eigenvalue weighted by Gasteiger charge is -2.09. The second-order valence-electron chi connectivity index (χ2n) is 4.73. The highest BCUT2D eigenvalue weighted by Crippen LogP contribution is 2.29. The van der Waals surface area contributed by atoms with Crippen LogP contribution < -0.4 is 0 Å². The van der Waals surface area contributed by atoms with Gasteiger partial charge in [-0.05, 0) is 29.8 Å². The van der Waals surface area contributed by atoms with Crippen LogP contribution in [0.3, 0.4) is 0 Å². The summed E-state index contributed by atoms with van der Waals surface area (Å²) in [6.07, 6.45) is 1.88. The van der Waals surface area contributed by atoms with Gasteiger partial charge in [0.2, 0.25) is 0 Å². The Bertz CT molecular complexity index is 839. The zero-order valence-corrected chi connectivity index (χ0v) is 12.4. The van der Waals surface area contributed by atoms with E-state index in [9.17, 15) is 9.90 Å². The number of nitrogens with zero attached hydrogens (tertiary/aromatic N) is 1. The van der Waals surface area contributed by atoms with Crippen molar-refractivity contribution in [2.45, 2.75) is 6.54 Å². The maximum absolute atomic E-state index is 11.3. The Kier molecular flexibility index (Phi) is 3.62. The second kappa shape index (κ2) is 5.43. The highest BCUT2D eigenvalue weighted by Gasteiger charge is 2.11. The van der Waals surface area contributed by atoms with Crippen LogP contribution in [-0.2, 0) is 6.54 Å². The van der Waals surface area contributed by atoms with Crippen LogP contribution in [0.2, 0.25) is 10.0 Å². The summed E-state index contributed by atoms with van der Waals surface area (Å²) < 4.78 is 1.94. The van der Waals surface area contributed by atoms with Gasteiger partial charge in [-0.25, -0.2) is 4.79 Å². The van der Waals surface area contributed by atoms with Crippen molar-refractivity contribution >= 4 is 40.1 Å². The molecule has 0 aliphatic heterocycles. The van der Waals surface area contributed by atoms with Crippen LogP contribution in [-0.4, -0.2) is 15.6 Å². The molecule has 1 heterocycles. The Labute approximate surface area is 131 Å². The maximum Gasteiger partial charge on any atom is 0.336 e. The fraction of sp³-hybridized carbons (Fsp3) is 0.0625. The van der Waals surface area contributed by atoms with Crippen LogP contribution in [0.15, 0.2) is 48.7 Å². The van der Waals surface area contributed by atoms with Gasteiger partial charge in [0, 0.05) is 23.2 Å². The molecular weight excluding hydrogens is 309 g/mol. The van der Waals surface area contributed by atoms with Crippen LogP contribution in [0.1, 0.15) is 15.9 Å². The standard InChI is InChI=1S/C16H11Cl2NO2/c17-11-7-14(18)13-5-6-19(15(13)8-11)9-10-3-1-2-4-12(10)16(20)21/h1-8H,9H2,(H,20,21). The molecule has 0 bridgehead atoms. The van der Waals surface area contributed by atoms with E-state index in [1.807, 2.05) is 29.0 Å². The number of hydrogen-bond donors (Lipinski definition) is 1. The first-order valence-corrected chi connectivity index (χ1v) is 7.07. The predicted molar refractivity (Wildman–Crippen MR) is 84.5 cm³/mol. The number of carboxylic acid groups (broad SMARTS) is 1. The third kappa shape index (κ3) is 2.62. The van der Waals surface area contributed by atoms with Gasteiger partial charge in [-0.2, -0.15) is 0 Å². The lowest BCUT2D eigenvalue weighted by molar-refractivity contribution is 0.0695. The molecule has 1 N–H and O–H groups in total. The maximum atomic E-state index is 11.3. The molecule has 0 aliphatic carbocycles. The van der Waals surface area contributed by atoms with E-state index in [-0.39, 0.29) is 0 Å². The van der Waals surface area contributed by atoms with E-state index in [0.29, 0.717) is 22.2 Å². The highest BCUT2D eigenvalue weighted by molar-refractivity contribution is 6.38. The van der Waals surface area contributed by atoms with Crippen LogP contribution in [0.4, 0.5) is 0 Å². The third-order valence-corrected chi connectivity index (χ3v) is 3.92. The predicted octanol–water partition coefficient (Wildman–Crippen LogP) is 4.69. The molecule has 106 valence electrons. The number of halogens is 2. The summed E-state index contributed by atoms with van der Waals surface area (Å²) in [5.41, 5.74) is 1.92. The molecule has 3 nitrogen and oxygen atoms in total. The van der Waals surface area contributed by atoms with E-state index >= 15 is 0 Å². The van der Waals surface area contributed by atoms with Crippen molar-refractivity contribution in [2.75, 3.05) is 0 Å². The van der Waals surface area contributed by atoms with Crippen LogP contribution in [0.5, 0.6) is 0 Å². The molecule has 0 spiro atoms. The van der Waals surface area contributed by atoms with Crippen molar-refractivity contribution in [3.05, 3.63) is 69.8 Å². The molecule has 21 heavy (non-hydrogen) atoms. The molecular formula is C16H11Cl2NO2. The molecule has 0 fully saturated rings. The summed E-state index contributed by atoms with van der Waals surface area (Å²) in [6.45, 7) is 0.447. The Morgan fingerprint density at radius 3 is 2.67 bits per heavy atom. The fourth-order valence-corrected chi connectivity index (χ4v) is 2.95. The molecule has 5 heteroatoms. The average Bonchev–Trinajstić information content (AvgIpc) is 2.82. The van der Waals surface area contributed by atoms with Crippen molar-refractivity contribution in [3.8, 4) is 0 Å². The zero-order valence-electron chi connectivity index (χ0n) is 10.9. The van der Waals surface area contributed by atoms with Crippen molar-refractivity contribution in [3.63, 3.8) is 0 Å². The number of hydrogen-bond acceptors (Lipinski definition) is 1. The minimum absolute atomic E-state index is 0.299. The molecule has 0 saturated carbocycles. The number of rotatable bonds is 3. The number of fused-ring (bicyclic) bond motifs is 1. The Balaban J connectivity index is 2.09. The minimum atomic E-state index is -0.932. The Hall–Kier alpha value is -1.97. The summed E-state index contributed by atoms with van der Waals surface area (Å²) in [6, 6.07) is 12.4. The minimum Gasteiger partial charge on any atom is -0.478 e.